The van der Waals surface area contributed by atoms with Crippen molar-refractivity contribution in [1.82, 2.24) is 15.3 Å². The number of fused-ring (bicyclic) bond motifs is 1. The van der Waals surface area contributed by atoms with Gasteiger partial charge in [-0.05, 0) is 43.0 Å². The molecule has 1 aromatic heterocycles. The lowest BCUT2D eigenvalue weighted by Crippen LogP contribution is -2.28. The van der Waals surface area contributed by atoms with Crippen LogP contribution in [0.1, 0.15) is 52.4 Å². The minimum Gasteiger partial charge on any atom is -0.294 e. The number of Topliss-reactive ketones (excluding diaryl/α,β-unsaturated/α-hetero) is 1. The molecule has 0 unspecified atom stereocenters. The van der Waals surface area contributed by atoms with Crippen molar-refractivity contribution in [2.24, 2.45) is 5.41 Å². The highest BCUT2D eigenvalue weighted by Crippen LogP contribution is 2.36. The van der Waals surface area contributed by atoms with Gasteiger partial charge in [-0.25, -0.2) is 10.2 Å². The van der Waals surface area contributed by atoms with E-state index in [1.807, 2.05) is 6.92 Å². The number of nitrogens with one attached hydrogen (secondary N) is 1. The van der Waals surface area contributed by atoms with Crippen molar-refractivity contribution >= 4 is 11.7 Å². The number of ketones is 1. The van der Waals surface area contributed by atoms with Crippen LogP contribution < -0.4 is 5.48 Å². The van der Waals surface area contributed by atoms with Crippen LogP contribution in [-0.4, -0.2) is 26.7 Å². The van der Waals surface area contributed by atoms with Gasteiger partial charge in [0.1, 0.15) is 0 Å². The molecule has 0 saturated carbocycles. The normalized spacial score (nSPS) is 16.1. The van der Waals surface area contributed by atoms with Crippen LogP contribution in [0, 0.1) is 12.3 Å². The zero-order valence-corrected chi connectivity index (χ0v) is 13.4. The average Bonchev–Trinajstić information content (AvgIpc) is 2.82. The first-order valence-electron chi connectivity index (χ1n) is 7.49. The molecule has 0 atom stereocenters. The van der Waals surface area contributed by atoms with Gasteiger partial charge in [-0.2, -0.15) is 5.10 Å². The molecule has 6 heteroatoms. The number of carbonyl (C=O) groups excluding carboxylic acids is 2. The molecule has 0 radical (unpaired) electrons. The summed E-state index contributed by atoms with van der Waals surface area (Å²) in [4.78, 5) is 23.8. The third-order valence-corrected chi connectivity index (χ3v) is 4.20. The van der Waals surface area contributed by atoms with Gasteiger partial charge in [0.25, 0.3) is 5.91 Å². The van der Waals surface area contributed by atoms with Gasteiger partial charge in [0, 0.05) is 12.0 Å². The highest BCUT2D eigenvalue weighted by atomic mass is 16.5. The molecular formula is C17H19N3O3. The summed E-state index contributed by atoms with van der Waals surface area (Å²) in [5.41, 5.74) is 5.03. The molecule has 1 amide bonds. The summed E-state index contributed by atoms with van der Waals surface area (Å²) >= 11 is 0. The van der Waals surface area contributed by atoms with Crippen molar-refractivity contribution in [2.75, 3.05) is 0 Å². The second kappa shape index (κ2) is 5.31. The molecule has 0 aliphatic heterocycles. The molecule has 1 aromatic carbocycles. The zero-order valence-electron chi connectivity index (χ0n) is 13.4. The molecule has 6 nitrogen and oxygen atoms in total. The largest absolute Gasteiger partial charge is 0.294 e. The van der Waals surface area contributed by atoms with Gasteiger partial charge < -0.3 is 0 Å². The lowest BCUT2D eigenvalue weighted by atomic mass is 9.75. The van der Waals surface area contributed by atoms with Crippen molar-refractivity contribution in [3.8, 4) is 5.69 Å². The zero-order chi connectivity index (χ0) is 16.8. The molecule has 0 spiro atoms. The Morgan fingerprint density at radius 3 is 2.52 bits per heavy atom. The third kappa shape index (κ3) is 2.66. The van der Waals surface area contributed by atoms with Crippen molar-refractivity contribution in [3.05, 3.63) is 46.8 Å². The number of benzene rings is 1. The van der Waals surface area contributed by atoms with E-state index in [1.54, 1.807) is 34.4 Å². The maximum absolute atomic E-state index is 12.4. The molecule has 1 heterocycles. The van der Waals surface area contributed by atoms with E-state index in [0.29, 0.717) is 12.0 Å². The molecule has 1 aliphatic rings. The number of hydrogen-bond donors (Lipinski definition) is 2. The fourth-order valence-corrected chi connectivity index (χ4v) is 3.17. The van der Waals surface area contributed by atoms with Crippen molar-refractivity contribution in [3.63, 3.8) is 0 Å². The maximum atomic E-state index is 12.4. The van der Waals surface area contributed by atoms with Crippen LogP contribution in [0.3, 0.4) is 0 Å². The summed E-state index contributed by atoms with van der Waals surface area (Å²) in [7, 11) is 0. The lowest BCUT2D eigenvalue weighted by Gasteiger charge is -2.29. The number of rotatable bonds is 2. The van der Waals surface area contributed by atoms with Gasteiger partial charge in [0.15, 0.2) is 5.78 Å². The smallest absolute Gasteiger partial charge is 0.274 e. The van der Waals surface area contributed by atoms with E-state index < -0.39 is 5.91 Å². The van der Waals surface area contributed by atoms with Crippen LogP contribution in [0.25, 0.3) is 5.69 Å². The first-order chi connectivity index (χ1) is 10.8. The van der Waals surface area contributed by atoms with Crippen LogP contribution >= 0.6 is 0 Å². The van der Waals surface area contributed by atoms with E-state index in [4.69, 9.17) is 5.21 Å². The fourth-order valence-electron chi connectivity index (χ4n) is 3.17. The number of aromatic nitrogens is 2. The van der Waals surface area contributed by atoms with Gasteiger partial charge in [0.05, 0.1) is 22.6 Å². The molecule has 0 saturated heterocycles. The van der Waals surface area contributed by atoms with Gasteiger partial charge in [0.2, 0.25) is 0 Å². The Kier molecular flexibility index (Phi) is 3.56. The van der Waals surface area contributed by atoms with Gasteiger partial charge in [-0.15, -0.1) is 0 Å². The summed E-state index contributed by atoms with van der Waals surface area (Å²) in [5.74, 6) is -0.428. The predicted molar refractivity (Wildman–Crippen MR) is 84.0 cm³/mol. The Balaban J connectivity index is 2.07. The molecule has 120 valence electrons. The van der Waals surface area contributed by atoms with Crippen LogP contribution in [-0.2, 0) is 6.42 Å². The first-order valence-corrected chi connectivity index (χ1v) is 7.49. The van der Waals surface area contributed by atoms with Gasteiger partial charge in [-0.1, -0.05) is 13.8 Å². The summed E-state index contributed by atoms with van der Waals surface area (Å²) in [5, 5.41) is 13.2. The second-order valence-corrected chi connectivity index (χ2v) is 6.75. The molecule has 3 rings (SSSR count). The van der Waals surface area contributed by atoms with E-state index in [-0.39, 0.29) is 11.2 Å². The van der Waals surface area contributed by atoms with E-state index in [0.717, 1.165) is 29.1 Å². The highest BCUT2D eigenvalue weighted by Gasteiger charge is 2.35. The number of hydroxylamine groups is 1. The Morgan fingerprint density at radius 1 is 1.26 bits per heavy atom. The van der Waals surface area contributed by atoms with Gasteiger partial charge in [-0.3, -0.25) is 14.8 Å². The fraction of sp³-hybridized carbons (Fsp3) is 0.353. The quantitative estimate of drug-likeness (QED) is 0.659. The molecular weight excluding hydrogens is 294 g/mol. The van der Waals surface area contributed by atoms with Crippen molar-refractivity contribution in [1.29, 1.82) is 0 Å². The number of aryl methyl sites for hydroxylation is 1. The Hall–Kier alpha value is -2.47. The summed E-state index contributed by atoms with van der Waals surface area (Å²) < 4.78 is 1.78. The Bertz CT molecular complexity index is 788. The Labute approximate surface area is 134 Å². The number of hydrogen-bond acceptors (Lipinski definition) is 4. The van der Waals surface area contributed by atoms with E-state index in [1.165, 1.54) is 0 Å². The second-order valence-electron chi connectivity index (χ2n) is 6.75. The standard InChI is InChI=1S/C17H19N3O3/c1-10-15-13(8-17(2,3)9-14(15)21)20(18-10)12-6-4-11(5-7-12)16(22)19-23/h4-7,23H,8-9H2,1-3H3,(H,19,22). The maximum Gasteiger partial charge on any atom is 0.274 e. The lowest BCUT2D eigenvalue weighted by molar-refractivity contribution is 0.0706. The number of carbonyl (C=O) groups is 2. The SMILES string of the molecule is Cc1nn(-c2ccc(C(=O)NO)cc2)c2c1C(=O)CC(C)(C)C2. The highest BCUT2D eigenvalue weighted by molar-refractivity contribution is 6.00. The first kappa shape index (κ1) is 15.4. The van der Waals surface area contributed by atoms with E-state index in [2.05, 4.69) is 18.9 Å². The minimum atomic E-state index is -0.563. The van der Waals surface area contributed by atoms with Crippen molar-refractivity contribution in [2.45, 2.75) is 33.6 Å². The van der Waals surface area contributed by atoms with Crippen LogP contribution in [0.4, 0.5) is 0 Å². The summed E-state index contributed by atoms with van der Waals surface area (Å²) in [6, 6.07) is 6.73. The number of amides is 1. The third-order valence-electron chi connectivity index (χ3n) is 4.20. The predicted octanol–water partition coefficient (Wildman–Crippen LogP) is 2.45. The van der Waals surface area contributed by atoms with E-state index in [9.17, 15) is 9.59 Å². The van der Waals surface area contributed by atoms with Crippen LogP contribution in [0.5, 0.6) is 0 Å². The van der Waals surface area contributed by atoms with Gasteiger partial charge >= 0.3 is 0 Å². The number of nitrogens with zero attached hydrogens (tertiary/aromatic N) is 2. The average molecular weight is 313 g/mol. The molecule has 1 aliphatic carbocycles. The molecule has 23 heavy (non-hydrogen) atoms. The summed E-state index contributed by atoms with van der Waals surface area (Å²) in [6.07, 6.45) is 1.30. The summed E-state index contributed by atoms with van der Waals surface area (Å²) in [6.45, 7) is 6.00. The monoisotopic (exact) mass is 313 g/mol. The Morgan fingerprint density at radius 2 is 1.91 bits per heavy atom. The van der Waals surface area contributed by atoms with E-state index >= 15 is 0 Å². The molecule has 0 bridgehead atoms. The van der Waals surface area contributed by atoms with Crippen molar-refractivity contribution < 1.29 is 14.8 Å². The molecule has 0 fully saturated rings. The van der Waals surface area contributed by atoms with Crippen LogP contribution in [0.15, 0.2) is 24.3 Å². The minimum absolute atomic E-state index is 0.0922. The molecule has 2 aromatic rings. The molecule has 2 N–H and O–H groups in total. The topological polar surface area (TPSA) is 84.2 Å². The van der Waals surface area contributed by atoms with Crippen LogP contribution in [0.2, 0.25) is 0 Å².